The van der Waals surface area contributed by atoms with Crippen molar-refractivity contribution < 1.29 is 27.5 Å². The van der Waals surface area contributed by atoms with E-state index < -0.39 is 27.8 Å². The van der Waals surface area contributed by atoms with E-state index in [-0.39, 0.29) is 35.6 Å². The molecule has 2 heterocycles. The van der Waals surface area contributed by atoms with Crippen LogP contribution in [0, 0.1) is 13.8 Å². The zero-order chi connectivity index (χ0) is 27.0. The number of nitrogens with one attached hydrogen (secondary N) is 2. The van der Waals surface area contributed by atoms with Crippen molar-refractivity contribution in [2.24, 2.45) is 0 Å². The Morgan fingerprint density at radius 2 is 1.92 bits per heavy atom. The summed E-state index contributed by atoms with van der Waals surface area (Å²) in [7, 11) is -4.08. The van der Waals surface area contributed by atoms with Crippen LogP contribution in [0.15, 0.2) is 23.1 Å². The standard InChI is InChI=1S/C24H35N5O6S/c1-14(2)29-16(4)22(15(3)27-29)36(32,33)28-13-19(12-25-17(5)30)34-21-10-9-18(11-20(21)28)26-23(31)35-24(6,7)8/h9-11,14,19H,12-13H2,1-8H3,(H,25,30)(H,26,31). The zero-order valence-electron chi connectivity index (χ0n) is 22.0. The third kappa shape index (κ3) is 5.92. The number of carbonyl (C=O) groups excluding carboxylic acids is 2. The summed E-state index contributed by atoms with van der Waals surface area (Å²) in [6, 6.07) is 4.69. The lowest BCUT2D eigenvalue weighted by Gasteiger charge is -2.36. The molecule has 2 amide bonds. The van der Waals surface area contributed by atoms with Gasteiger partial charge in [-0.3, -0.25) is 19.1 Å². The van der Waals surface area contributed by atoms with Gasteiger partial charge in [-0.1, -0.05) is 0 Å². The second kappa shape index (κ2) is 10.00. The van der Waals surface area contributed by atoms with Crippen LogP contribution in [0.25, 0.3) is 0 Å². The number of sulfonamides is 1. The number of hydrogen-bond donors (Lipinski definition) is 2. The molecule has 2 N–H and O–H groups in total. The molecule has 36 heavy (non-hydrogen) atoms. The summed E-state index contributed by atoms with van der Waals surface area (Å²) in [6.45, 7) is 14.0. The van der Waals surface area contributed by atoms with Crippen LogP contribution in [-0.4, -0.2) is 55.0 Å². The van der Waals surface area contributed by atoms with Gasteiger partial charge in [-0.15, -0.1) is 0 Å². The van der Waals surface area contributed by atoms with Gasteiger partial charge in [0.25, 0.3) is 10.0 Å². The lowest BCUT2D eigenvalue weighted by atomic mass is 10.2. The molecule has 0 aliphatic carbocycles. The van der Waals surface area contributed by atoms with Gasteiger partial charge in [-0.25, -0.2) is 13.2 Å². The van der Waals surface area contributed by atoms with Gasteiger partial charge >= 0.3 is 6.09 Å². The molecule has 1 aromatic carbocycles. The normalized spacial score (nSPS) is 15.8. The summed E-state index contributed by atoms with van der Waals surface area (Å²) in [5, 5.41) is 9.77. The third-order valence-corrected chi connectivity index (χ3v) is 7.44. The van der Waals surface area contributed by atoms with E-state index in [0.717, 1.165) is 0 Å². The van der Waals surface area contributed by atoms with Gasteiger partial charge in [0.2, 0.25) is 5.91 Å². The number of hydrogen-bond acceptors (Lipinski definition) is 7. The van der Waals surface area contributed by atoms with Crippen molar-refractivity contribution in [2.75, 3.05) is 22.7 Å². The summed E-state index contributed by atoms with van der Waals surface area (Å²) in [5.41, 5.74) is 0.823. The minimum atomic E-state index is -4.08. The predicted molar refractivity (Wildman–Crippen MR) is 136 cm³/mol. The van der Waals surface area contributed by atoms with Gasteiger partial charge in [0, 0.05) is 18.7 Å². The molecule has 1 aliphatic heterocycles. The molecule has 0 saturated carbocycles. The molecule has 1 aliphatic rings. The van der Waals surface area contributed by atoms with Crippen molar-refractivity contribution in [3.05, 3.63) is 29.6 Å². The summed E-state index contributed by atoms with van der Waals surface area (Å²) >= 11 is 0. The summed E-state index contributed by atoms with van der Waals surface area (Å²) in [5.74, 6) is 0.0575. The smallest absolute Gasteiger partial charge is 0.412 e. The molecule has 1 aromatic heterocycles. The monoisotopic (exact) mass is 521 g/mol. The fourth-order valence-corrected chi connectivity index (χ4v) is 5.90. The molecule has 1 atom stereocenters. The fraction of sp³-hybridized carbons (Fsp3) is 0.542. The molecule has 0 saturated heterocycles. The Bertz CT molecular complexity index is 1260. The van der Waals surface area contributed by atoms with E-state index in [0.29, 0.717) is 22.8 Å². The van der Waals surface area contributed by atoms with Gasteiger partial charge < -0.3 is 14.8 Å². The molecule has 0 fully saturated rings. The number of amides is 2. The minimum Gasteiger partial charge on any atom is -0.484 e. The van der Waals surface area contributed by atoms with Gasteiger partial charge in [0.1, 0.15) is 22.4 Å². The fourth-order valence-electron chi connectivity index (χ4n) is 4.04. The van der Waals surface area contributed by atoms with Crippen molar-refractivity contribution in [3.63, 3.8) is 0 Å². The first-order valence-corrected chi connectivity index (χ1v) is 13.2. The highest BCUT2D eigenvalue weighted by Crippen LogP contribution is 2.40. The predicted octanol–water partition coefficient (Wildman–Crippen LogP) is 3.52. The largest absolute Gasteiger partial charge is 0.484 e. The summed E-state index contributed by atoms with van der Waals surface area (Å²) < 4.78 is 42.3. The molecule has 0 spiro atoms. The van der Waals surface area contributed by atoms with Gasteiger partial charge in [0.05, 0.1) is 30.2 Å². The van der Waals surface area contributed by atoms with E-state index in [2.05, 4.69) is 15.7 Å². The Kier molecular flexibility index (Phi) is 7.58. The summed E-state index contributed by atoms with van der Waals surface area (Å²) in [4.78, 5) is 23.9. The number of aryl methyl sites for hydroxylation is 1. The number of aromatic nitrogens is 2. The molecule has 0 bridgehead atoms. The van der Waals surface area contributed by atoms with E-state index in [9.17, 15) is 18.0 Å². The van der Waals surface area contributed by atoms with Crippen LogP contribution in [0.5, 0.6) is 5.75 Å². The second-order valence-corrected chi connectivity index (χ2v) is 11.9. The van der Waals surface area contributed by atoms with Crippen LogP contribution >= 0.6 is 0 Å². The maximum Gasteiger partial charge on any atom is 0.412 e. The molecule has 3 rings (SSSR count). The van der Waals surface area contributed by atoms with Gasteiger partial charge in [0.15, 0.2) is 0 Å². The third-order valence-electron chi connectivity index (χ3n) is 5.41. The topological polar surface area (TPSA) is 132 Å². The SMILES string of the molecule is CC(=O)NCC1CN(S(=O)(=O)c2c(C)nn(C(C)C)c2C)c2cc(NC(=O)OC(C)(C)C)ccc2O1. The van der Waals surface area contributed by atoms with Crippen LogP contribution in [0.4, 0.5) is 16.2 Å². The maximum atomic E-state index is 14.1. The highest BCUT2D eigenvalue weighted by atomic mass is 32.2. The molecule has 0 radical (unpaired) electrons. The Hall–Kier alpha value is -3.28. The van der Waals surface area contributed by atoms with Crippen LogP contribution < -0.4 is 19.7 Å². The van der Waals surface area contributed by atoms with E-state index in [1.165, 1.54) is 17.3 Å². The number of rotatable bonds is 6. The van der Waals surface area contributed by atoms with Crippen molar-refractivity contribution in [1.29, 1.82) is 0 Å². The Morgan fingerprint density at radius 3 is 2.47 bits per heavy atom. The summed E-state index contributed by atoms with van der Waals surface area (Å²) in [6.07, 6.45) is -1.29. The van der Waals surface area contributed by atoms with Gasteiger partial charge in [-0.05, 0) is 66.7 Å². The Balaban J connectivity index is 2.06. The quantitative estimate of drug-likeness (QED) is 0.594. The average molecular weight is 522 g/mol. The van der Waals surface area contributed by atoms with Crippen LogP contribution in [0.2, 0.25) is 0 Å². The maximum absolute atomic E-state index is 14.1. The van der Waals surface area contributed by atoms with Crippen molar-refractivity contribution in [1.82, 2.24) is 15.1 Å². The van der Waals surface area contributed by atoms with Crippen molar-refractivity contribution in [2.45, 2.75) is 78.0 Å². The second-order valence-electron chi connectivity index (χ2n) is 10.1. The van der Waals surface area contributed by atoms with Crippen molar-refractivity contribution in [3.8, 4) is 5.75 Å². The van der Waals surface area contributed by atoms with E-state index in [1.54, 1.807) is 51.4 Å². The highest BCUT2D eigenvalue weighted by Gasteiger charge is 2.38. The lowest BCUT2D eigenvalue weighted by molar-refractivity contribution is -0.119. The number of carbonyl (C=O) groups is 2. The molecule has 11 nitrogen and oxygen atoms in total. The van der Waals surface area contributed by atoms with E-state index >= 15 is 0 Å². The molecule has 1 unspecified atom stereocenters. The van der Waals surface area contributed by atoms with Crippen LogP contribution in [0.1, 0.15) is 59.0 Å². The molecule has 12 heteroatoms. The van der Waals surface area contributed by atoms with E-state index in [1.807, 2.05) is 13.8 Å². The van der Waals surface area contributed by atoms with Crippen LogP contribution in [-0.2, 0) is 19.6 Å². The number of anilines is 2. The number of benzene rings is 1. The number of nitrogens with zero attached hydrogens (tertiary/aromatic N) is 3. The van der Waals surface area contributed by atoms with E-state index in [4.69, 9.17) is 9.47 Å². The Morgan fingerprint density at radius 1 is 1.25 bits per heavy atom. The van der Waals surface area contributed by atoms with Crippen LogP contribution in [0.3, 0.4) is 0 Å². The first-order chi connectivity index (χ1) is 16.6. The Labute approximate surface area is 212 Å². The number of fused-ring (bicyclic) bond motifs is 1. The minimum absolute atomic E-state index is 0.0261. The van der Waals surface area contributed by atoms with Gasteiger partial charge in [-0.2, -0.15) is 5.10 Å². The molecular weight excluding hydrogens is 486 g/mol. The highest BCUT2D eigenvalue weighted by molar-refractivity contribution is 7.93. The lowest BCUT2D eigenvalue weighted by Crippen LogP contribution is -2.48. The van der Waals surface area contributed by atoms with Crippen molar-refractivity contribution >= 4 is 33.4 Å². The zero-order valence-corrected chi connectivity index (χ0v) is 22.8. The number of ether oxygens (including phenoxy) is 2. The first-order valence-electron chi connectivity index (χ1n) is 11.7. The first kappa shape index (κ1) is 27.3. The molecular formula is C24H35N5O6S. The molecule has 198 valence electrons. The molecule has 2 aromatic rings. The average Bonchev–Trinajstić information content (AvgIpc) is 3.05.